The van der Waals surface area contributed by atoms with Crippen LogP contribution in [0.4, 0.5) is 0 Å². The Kier molecular flexibility index (Phi) is 7.01. The molecule has 0 bridgehead atoms. The first-order valence-electron chi connectivity index (χ1n) is 7.00. The van der Waals surface area contributed by atoms with Crippen molar-refractivity contribution in [2.24, 2.45) is 5.73 Å². The van der Waals surface area contributed by atoms with Crippen molar-refractivity contribution in [3.63, 3.8) is 0 Å². The van der Waals surface area contributed by atoms with Crippen molar-refractivity contribution in [3.8, 4) is 0 Å². The van der Waals surface area contributed by atoms with Crippen LogP contribution in [-0.4, -0.2) is 47.9 Å². The SMILES string of the molecule is CNC(=O)c1cncc(/C=C/C(=O)N2CCCC(N)C2)c1.Cl. The average Bonchev–Trinajstić information content (AvgIpc) is 2.52. The van der Waals surface area contributed by atoms with Crippen molar-refractivity contribution in [2.75, 3.05) is 20.1 Å². The maximum absolute atomic E-state index is 12.1. The molecule has 120 valence electrons. The topological polar surface area (TPSA) is 88.3 Å². The summed E-state index contributed by atoms with van der Waals surface area (Å²) in [5.41, 5.74) is 7.04. The van der Waals surface area contributed by atoms with Crippen molar-refractivity contribution in [1.29, 1.82) is 0 Å². The number of likely N-dealkylation sites (tertiary alicyclic amines) is 1. The van der Waals surface area contributed by atoms with E-state index in [-0.39, 0.29) is 30.3 Å². The van der Waals surface area contributed by atoms with E-state index < -0.39 is 0 Å². The Morgan fingerprint density at radius 1 is 1.45 bits per heavy atom. The maximum Gasteiger partial charge on any atom is 0.252 e. The molecule has 2 rings (SSSR count). The number of halogens is 1. The number of aromatic nitrogens is 1. The Morgan fingerprint density at radius 2 is 2.23 bits per heavy atom. The quantitative estimate of drug-likeness (QED) is 0.806. The van der Waals surface area contributed by atoms with Gasteiger partial charge < -0.3 is 16.0 Å². The Morgan fingerprint density at radius 3 is 2.91 bits per heavy atom. The van der Waals surface area contributed by atoms with Crippen LogP contribution in [-0.2, 0) is 4.79 Å². The molecule has 1 aromatic rings. The maximum atomic E-state index is 12.1. The lowest BCUT2D eigenvalue weighted by Crippen LogP contribution is -2.45. The molecule has 2 heterocycles. The van der Waals surface area contributed by atoms with Gasteiger partial charge in [0.05, 0.1) is 5.56 Å². The molecule has 1 unspecified atom stereocenters. The van der Waals surface area contributed by atoms with Crippen molar-refractivity contribution in [1.82, 2.24) is 15.2 Å². The van der Waals surface area contributed by atoms with Gasteiger partial charge in [-0.1, -0.05) is 0 Å². The first kappa shape index (κ1) is 18.1. The highest BCUT2D eigenvalue weighted by Gasteiger charge is 2.19. The van der Waals surface area contributed by atoms with Crippen molar-refractivity contribution < 1.29 is 9.59 Å². The van der Waals surface area contributed by atoms with E-state index in [1.165, 1.54) is 12.3 Å². The summed E-state index contributed by atoms with van der Waals surface area (Å²) in [6, 6.07) is 1.76. The number of hydrogen-bond acceptors (Lipinski definition) is 4. The van der Waals surface area contributed by atoms with E-state index in [0.29, 0.717) is 17.7 Å². The average molecular weight is 325 g/mol. The predicted octanol–water partition coefficient (Wildman–Crippen LogP) is 0.826. The molecule has 6 nitrogen and oxygen atoms in total. The first-order valence-corrected chi connectivity index (χ1v) is 7.00. The molecule has 0 saturated carbocycles. The van der Waals surface area contributed by atoms with Gasteiger partial charge in [-0.2, -0.15) is 0 Å². The predicted molar refractivity (Wildman–Crippen MR) is 87.7 cm³/mol. The van der Waals surface area contributed by atoms with Crippen LogP contribution in [0.15, 0.2) is 24.5 Å². The Bertz CT molecular complexity index is 562. The van der Waals surface area contributed by atoms with Crippen LogP contribution in [0, 0.1) is 0 Å². The van der Waals surface area contributed by atoms with Gasteiger partial charge in [0, 0.05) is 44.6 Å². The van der Waals surface area contributed by atoms with Crippen LogP contribution in [0.3, 0.4) is 0 Å². The smallest absolute Gasteiger partial charge is 0.252 e. The third-order valence-electron chi connectivity index (χ3n) is 3.44. The molecule has 0 aromatic carbocycles. The molecule has 2 amide bonds. The van der Waals surface area contributed by atoms with Crippen molar-refractivity contribution in [2.45, 2.75) is 18.9 Å². The van der Waals surface area contributed by atoms with Crippen LogP contribution in [0.2, 0.25) is 0 Å². The Balaban J connectivity index is 0.00000242. The first-order chi connectivity index (χ1) is 10.1. The lowest BCUT2D eigenvalue weighted by atomic mass is 10.1. The number of piperidine rings is 1. The highest BCUT2D eigenvalue weighted by Crippen LogP contribution is 2.10. The van der Waals surface area contributed by atoms with Gasteiger partial charge in [-0.15, -0.1) is 12.4 Å². The number of rotatable bonds is 3. The molecule has 1 atom stereocenters. The summed E-state index contributed by atoms with van der Waals surface area (Å²) in [7, 11) is 1.56. The van der Waals surface area contributed by atoms with Gasteiger partial charge in [0.25, 0.3) is 5.91 Å². The monoisotopic (exact) mass is 324 g/mol. The van der Waals surface area contributed by atoms with Gasteiger partial charge in [0.15, 0.2) is 0 Å². The number of pyridine rings is 1. The van der Waals surface area contributed by atoms with Gasteiger partial charge in [-0.25, -0.2) is 0 Å². The second-order valence-corrected chi connectivity index (χ2v) is 5.11. The molecule has 1 aromatic heterocycles. The molecule has 7 heteroatoms. The minimum absolute atomic E-state index is 0. The summed E-state index contributed by atoms with van der Waals surface area (Å²) in [6.07, 6.45) is 8.17. The normalized spacial score (nSPS) is 17.9. The molecule has 0 spiro atoms. The van der Waals surface area contributed by atoms with Crippen LogP contribution in [0.25, 0.3) is 6.08 Å². The van der Waals surface area contributed by atoms with Crippen LogP contribution in [0.1, 0.15) is 28.8 Å². The standard InChI is InChI=1S/C15H20N4O2.ClH/c1-17-15(21)12-7-11(8-18-9-12)4-5-14(20)19-6-2-3-13(16)10-19;/h4-5,7-9,13H,2-3,6,10,16H2,1H3,(H,17,21);1H/b5-4+;. The van der Waals surface area contributed by atoms with Crippen LogP contribution < -0.4 is 11.1 Å². The Hall–Kier alpha value is -1.92. The second-order valence-electron chi connectivity index (χ2n) is 5.11. The largest absolute Gasteiger partial charge is 0.355 e. The number of carbonyl (C=O) groups excluding carboxylic acids is 2. The molecule has 0 aliphatic carbocycles. The summed E-state index contributed by atoms with van der Waals surface area (Å²) < 4.78 is 0. The number of hydrogen-bond donors (Lipinski definition) is 2. The Labute approximate surface area is 136 Å². The van der Waals surface area contributed by atoms with E-state index in [1.807, 2.05) is 0 Å². The van der Waals surface area contributed by atoms with E-state index in [2.05, 4.69) is 10.3 Å². The molecular weight excluding hydrogens is 304 g/mol. The lowest BCUT2D eigenvalue weighted by molar-refractivity contribution is -0.127. The summed E-state index contributed by atoms with van der Waals surface area (Å²) in [4.78, 5) is 29.3. The molecule has 1 saturated heterocycles. The highest BCUT2D eigenvalue weighted by molar-refractivity contribution is 5.95. The lowest BCUT2D eigenvalue weighted by Gasteiger charge is -2.29. The van der Waals surface area contributed by atoms with Crippen LogP contribution in [0.5, 0.6) is 0 Å². The van der Waals surface area contributed by atoms with Gasteiger partial charge in [-0.3, -0.25) is 14.6 Å². The van der Waals surface area contributed by atoms with Gasteiger partial charge in [0.1, 0.15) is 0 Å². The molecule has 1 aliphatic rings. The van der Waals surface area contributed by atoms with E-state index >= 15 is 0 Å². The molecule has 3 N–H and O–H groups in total. The number of nitrogens with one attached hydrogen (secondary N) is 1. The van der Waals surface area contributed by atoms with E-state index in [1.54, 1.807) is 30.3 Å². The zero-order chi connectivity index (χ0) is 15.2. The fraction of sp³-hybridized carbons (Fsp3) is 0.400. The second kappa shape index (κ2) is 8.51. The summed E-state index contributed by atoms with van der Waals surface area (Å²) in [5.74, 6) is -0.262. The van der Waals surface area contributed by atoms with Crippen LogP contribution >= 0.6 is 12.4 Å². The zero-order valence-corrected chi connectivity index (χ0v) is 13.3. The number of amides is 2. The number of carbonyl (C=O) groups is 2. The van der Waals surface area contributed by atoms with E-state index in [0.717, 1.165) is 19.4 Å². The molecule has 1 fully saturated rings. The summed E-state index contributed by atoms with van der Waals surface area (Å²) in [5, 5.41) is 2.54. The molecule has 1 aliphatic heterocycles. The fourth-order valence-corrected chi connectivity index (χ4v) is 2.30. The van der Waals surface area contributed by atoms with Gasteiger partial charge in [-0.05, 0) is 30.5 Å². The summed E-state index contributed by atoms with van der Waals surface area (Å²) in [6.45, 7) is 1.34. The fourth-order valence-electron chi connectivity index (χ4n) is 2.30. The zero-order valence-electron chi connectivity index (χ0n) is 12.5. The minimum Gasteiger partial charge on any atom is -0.355 e. The molecule has 0 radical (unpaired) electrons. The van der Waals surface area contributed by atoms with Crippen molar-refractivity contribution >= 4 is 30.3 Å². The van der Waals surface area contributed by atoms with Crippen molar-refractivity contribution in [3.05, 3.63) is 35.7 Å². The minimum atomic E-state index is -0.203. The summed E-state index contributed by atoms with van der Waals surface area (Å²) >= 11 is 0. The number of nitrogens with two attached hydrogens (primary N) is 1. The third-order valence-corrected chi connectivity index (χ3v) is 3.44. The van der Waals surface area contributed by atoms with Gasteiger partial charge in [0.2, 0.25) is 5.91 Å². The van der Waals surface area contributed by atoms with E-state index in [4.69, 9.17) is 5.73 Å². The molecule has 22 heavy (non-hydrogen) atoms. The molecular formula is C15H21ClN4O2. The third kappa shape index (κ3) is 4.82. The van der Waals surface area contributed by atoms with Gasteiger partial charge >= 0.3 is 0 Å². The number of nitrogens with zero attached hydrogens (tertiary/aromatic N) is 2. The highest BCUT2D eigenvalue weighted by atomic mass is 35.5. The van der Waals surface area contributed by atoms with E-state index in [9.17, 15) is 9.59 Å².